The topological polar surface area (TPSA) is 117 Å². The minimum absolute atomic E-state index is 0.294. The van der Waals surface area contributed by atoms with Crippen molar-refractivity contribution in [3.8, 4) is 28.7 Å². The van der Waals surface area contributed by atoms with Crippen LogP contribution >= 0.6 is 11.3 Å². The van der Waals surface area contributed by atoms with Crippen molar-refractivity contribution in [2.24, 2.45) is 0 Å². The van der Waals surface area contributed by atoms with Crippen molar-refractivity contribution in [3.63, 3.8) is 0 Å². The van der Waals surface area contributed by atoms with Gasteiger partial charge in [0.2, 0.25) is 0 Å². The maximum Gasteiger partial charge on any atom is 0.410 e. The average Bonchev–Trinajstić information content (AvgIpc) is 3.37. The Kier molecular flexibility index (Phi) is 9.66. The summed E-state index contributed by atoms with van der Waals surface area (Å²) in [5.41, 5.74) is 2.73. The van der Waals surface area contributed by atoms with E-state index in [1.807, 2.05) is 6.07 Å². The molecule has 0 aliphatic carbocycles. The summed E-state index contributed by atoms with van der Waals surface area (Å²) in [5, 5.41) is 7.09. The van der Waals surface area contributed by atoms with Gasteiger partial charge in [0.1, 0.15) is 22.2 Å². The molecule has 2 amide bonds. The second-order valence-corrected chi connectivity index (χ2v) is 10.1. The van der Waals surface area contributed by atoms with E-state index < -0.39 is 0 Å². The Labute approximate surface area is 243 Å². The van der Waals surface area contributed by atoms with E-state index in [0.29, 0.717) is 77.7 Å². The molecule has 0 radical (unpaired) electrons. The van der Waals surface area contributed by atoms with Gasteiger partial charge >= 0.3 is 6.09 Å². The summed E-state index contributed by atoms with van der Waals surface area (Å²) in [5.74, 6) is 2.51. The predicted octanol–water partition coefficient (Wildman–Crippen LogP) is 5.17. The van der Waals surface area contributed by atoms with Crippen LogP contribution in [0.2, 0.25) is 0 Å². The van der Waals surface area contributed by atoms with Crippen LogP contribution in [0, 0.1) is 0 Å². The highest BCUT2D eigenvalue weighted by atomic mass is 32.1. The molecule has 0 saturated carbocycles. The predicted molar refractivity (Wildman–Crippen MR) is 156 cm³/mol. The van der Waals surface area contributed by atoms with Crippen molar-refractivity contribution in [2.75, 3.05) is 59.3 Å². The van der Waals surface area contributed by atoms with Gasteiger partial charge in [-0.25, -0.2) is 4.79 Å². The van der Waals surface area contributed by atoms with Crippen LogP contribution in [0.25, 0.3) is 0 Å². The molecule has 0 spiro atoms. The zero-order valence-corrected chi connectivity index (χ0v) is 24.9. The summed E-state index contributed by atoms with van der Waals surface area (Å²) >= 11 is 1.44. The number of carbonyl (C=O) groups excluding carboxylic acids is 2. The number of ether oxygens (including phenoxy) is 6. The van der Waals surface area contributed by atoms with E-state index in [0.717, 1.165) is 16.0 Å². The van der Waals surface area contributed by atoms with Crippen LogP contribution in [-0.4, -0.2) is 65.6 Å². The normalized spacial score (nSPS) is 12.2. The van der Waals surface area contributed by atoms with E-state index in [2.05, 4.69) is 10.6 Å². The number of methoxy groups -OCH3 is 5. The van der Waals surface area contributed by atoms with Crippen molar-refractivity contribution in [1.29, 1.82) is 0 Å². The van der Waals surface area contributed by atoms with Gasteiger partial charge in [-0.1, -0.05) is 0 Å². The van der Waals surface area contributed by atoms with Crippen LogP contribution in [-0.2, 0) is 24.2 Å². The first-order valence-corrected chi connectivity index (χ1v) is 13.8. The molecule has 0 unspecified atom stereocenters. The number of thiophene rings is 1. The van der Waals surface area contributed by atoms with Crippen molar-refractivity contribution >= 4 is 34.0 Å². The third kappa shape index (κ3) is 6.37. The maximum absolute atomic E-state index is 13.8. The molecule has 0 saturated heterocycles. The number of fused-ring (bicyclic) bond motifs is 1. The molecule has 1 aliphatic rings. The minimum atomic E-state index is -0.370. The fraction of sp³-hybridized carbons (Fsp3) is 0.379. The van der Waals surface area contributed by atoms with Gasteiger partial charge in [0.25, 0.3) is 5.91 Å². The molecule has 0 bridgehead atoms. The summed E-state index contributed by atoms with van der Waals surface area (Å²) in [6.07, 6.45) is 0.138. The lowest BCUT2D eigenvalue weighted by Gasteiger charge is -2.26. The monoisotopic (exact) mass is 585 g/mol. The number of hydrogen-bond donors (Lipinski definition) is 2. The SMILES string of the molecule is CCOC(=O)N1CCc2c(sc(NCc3cc(OC)c(OC)cc3OC)c2C(=O)Nc2ccc(OC)cc2OC)C1. The molecule has 0 fully saturated rings. The number of amides is 2. The van der Waals surface area contributed by atoms with Crippen LogP contribution in [0.15, 0.2) is 30.3 Å². The van der Waals surface area contributed by atoms with E-state index >= 15 is 0 Å². The van der Waals surface area contributed by atoms with Gasteiger partial charge in [0, 0.05) is 35.7 Å². The van der Waals surface area contributed by atoms with Crippen molar-refractivity contribution in [2.45, 2.75) is 26.4 Å². The Bertz CT molecular complexity index is 1410. The van der Waals surface area contributed by atoms with Gasteiger partial charge in [-0.2, -0.15) is 0 Å². The first-order valence-electron chi connectivity index (χ1n) is 13.0. The van der Waals surface area contributed by atoms with Crippen LogP contribution in [0.1, 0.15) is 33.3 Å². The van der Waals surface area contributed by atoms with Gasteiger partial charge in [-0.05, 0) is 37.1 Å². The summed E-state index contributed by atoms with van der Waals surface area (Å²) in [4.78, 5) is 28.8. The van der Waals surface area contributed by atoms with Crippen LogP contribution in [0.5, 0.6) is 28.7 Å². The van der Waals surface area contributed by atoms with E-state index in [1.54, 1.807) is 64.5 Å². The molecule has 2 N–H and O–H groups in total. The van der Waals surface area contributed by atoms with Crippen LogP contribution < -0.4 is 34.3 Å². The second kappa shape index (κ2) is 13.4. The quantitative estimate of drug-likeness (QED) is 0.314. The highest BCUT2D eigenvalue weighted by Gasteiger charge is 2.31. The summed E-state index contributed by atoms with van der Waals surface area (Å²) in [6.45, 7) is 3.21. The Morgan fingerprint density at radius 1 is 0.902 bits per heavy atom. The summed E-state index contributed by atoms with van der Waals surface area (Å²) in [6, 6.07) is 8.79. The van der Waals surface area contributed by atoms with Crippen LogP contribution in [0.3, 0.4) is 0 Å². The van der Waals surface area contributed by atoms with Gasteiger partial charge in [-0.3, -0.25) is 4.79 Å². The van der Waals surface area contributed by atoms with E-state index in [9.17, 15) is 9.59 Å². The smallest absolute Gasteiger partial charge is 0.410 e. The number of benzene rings is 2. The highest BCUT2D eigenvalue weighted by molar-refractivity contribution is 7.16. The van der Waals surface area contributed by atoms with E-state index in [1.165, 1.54) is 18.4 Å². The number of hydrogen-bond acceptors (Lipinski definition) is 10. The molecule has 4 rings (SSSR count). The molecule has 2 aromatic carbocycles. The molecular formula is C29H35N3O8S. The molecule has 3 aromatic rings. The standard InChI is InChI=1S/C29H35N3O8S/c1-7-40-29(34)32-11-10-19-25(16-32)41-28(30-15-17-12-23(38-5)24(39-6)14-21(17)36-3)26(19)27(33)31-20-9-8-18(35-2)13-22(20)37-4/h8-9,12-14,30H,7,10-11,15-16H2,1-6H3,(H,31,33). The lowest BCUT2D eigenvalue weighted by molar-refractivity contribution is 0.102. The number of nitrogens with zero attached hydrogens (tertiary/aromatic N) is 1. The minimum Gasteiger partial charge on any atom is -0.497 e. The molecule has 1 aromatic heterocycles. The first-order chi connectivity index (χ1) is 19.9. The zero-order chi connectivity index (χ0) is 29.5. The molecule has 0 atom stereocenters. The van der Waals surface area contributed by atoms with Gasteiger partial charge in [0.05, 0.1) is 60.0 Å². The molecule has 12 heteroatoms. The Morgan fingerprint density at radius 3 is 2.27 bits per heavy atom. The molecular weight excluding hydrogens is 550 g/mol. The number of anilines is 2. The second-order valence-electron chi connectivity index (χ2n) is 8.97. The highest BCUT2D eigenvalue weighted by Crippen LogP contribution is 2.40. The first kappa shape index (κ1) is 29.7. The van der Waals surface area contributed by atoms with Crippen molar-refractivity contribution in [1.82, 2.24) is 4.90 Å². The largest absolute Gasteiger partial charge is 0.497 e. The fourth-order valence-corrected chi connectivity index (χ4v) is 5.89. The maximum atomic E-state index is 13.8. The molecule has 1 aliphatic heterocycles. The third-order valence-electron chi connectivity index (χ3n) is 6.69. The Hall–Kier alpha value is -4.32. The molecule has 11 nitrogen and oxygen atoms in total. The molecule has 41 heavy (non-hydrogen) atoms. The van der Waals surface area contributed by atoms with E-state index in [4.69, 9.17) is 28.4 Å². The fourth-order valence-electron chi connectivity index (χ4n) is 4.63. The lowest BCUT2D eigenvalue weighted by atomic mass is 10.0. The number of rotatable bonds is 11. The lowest BCUT2D eigenvalue weighted by Crippen LogP contribution is -2.36. The van der Waals surface area contributed by atoms with Crippen molar-refractivity contribution in [3.05, 3.63) is 51.9 Å². The van der Waals surface area contributed by atoms with Crippen molar-refractivity contribution < 1.29 is 38.0 Å². The zero-order valence-electron chi connectivity index (χ0n) is 24.0. The van der Waals surface area contributed by atoms with Gasteiger partial charge in [-0.15, -0.1) is 11.3 Å². The summed E-state index contributed by atoms with van der Waals surface area (Å²) < 4.78 is 32.4. The molecule has 220 valence electrons. The Balaban J connectivity index is 1.68. The van der Waals surface area contributed by atoms with Gasteiger partial charge in [0.15, 0.2) is 11.5 Å². The Morgan fingerprint density at radius 2 is 1.61 bits per heavy atom. The van der Waals surface area contributed by atoms with Gasteiger partial charge < -0.3 is 44.0 Å². The molecule has 2 heterocycles. The number of nitrogens with one attached hydrogen (secondary N) is 2. The number of carbonyl (C=O) groups is 2. The average molecular weight is 586 g/mol. The van der Waals surface area contributed by atoms with Crippen LogP contribution in [0.4, 0.5) is 15.5 Å². The van der Waals surface area contributed by atoms with E-state index in [-0.39, 0.29) is 12.0 Å². The third-order valence-corrected chi connectivity index (χ3v) is 7.87. The summed E-state index contributed by atoms with van der Waals surface area (Å²) in [7, 11) is 7.81.